The molecule has 1 unspecified atom stereocenters. The Labute approximate surface area is 340 Å². The van der Waals surface area contributed by atoms with Crippen molar-refractivity contribution >= 4 is 34.9 Å². The van der Waals surface area contributed by atoms with Crippen LogP contribution in [0.2, 0.25) is 0 Å². The number of anilines is 2. The van der Waals surface area contributed by atoms with Crippen LogP contribution in [0.3, 0.4) is 0 Å². The van der Waals surface area contributed by atoms with Crippen molar-refractivity contribution in [2.75, 3.05) is 94.9 Å². The van der Waals surface area contributed by atoms with Gasteiger partial charge in [-0.05, 0) is 81.5 Å². The Hall–Kier alpha value is -5.18. The number of benzene rings is 2. The van der Waals surface area contributed by atoms with Gasteiger partial charge in [0.1, 0.15) is 23.9 Å². The quantitative estimate of drug-likeness (QED) is 0.272. The van der Waals surface area contributed by atoms with E-state index in [-0.39, 0.29) is 23.8 Å². The van der Waals surface area contributed by atoms with E-state index >= 15 is 0 Å². The van der Waals surface area contributed by atoms with E-state index in [0.29, 0.717) is 36.2 Å². The number of piperazine rings is 2. The number of fused-ring (bicyclic) bond motifs is 2. The number of ether oxygens (including phenoxy) is 1. The summed E-state index contributed by atoms with van der Waals surface area (Å²) in [5, 5.41) is 2.70. The lowest BCUT2D eigenvalue weighted by Gasteiger charge is -2.43. The van der Waals surface area contributed by atoms with Crippen molar-refractivity contribution in [2.45, 2.75) is 51.8 Å². The number of carbonyl (C=O) groups excluding carboxylic acids is 3. The molecule has 1 N–H and O–H groups in total. The maximum atomic E-state index is 13.4. The standard InChI is InChI=1S/C44H54N10O4/c1-29(2)58-34-7-5-32-25-45-41(36(32)23-34)38-24-40(47-28-46-38)53-20-16-50(17-21-53)12-13-51-26-31(27-51)10-11-49-14-18-52(19-15-49)33-6-8-35-37(22-33)44(57)54(43(35)56)39-9-4-30(3)48-42(39)55/h5-8,22-24,28-29,31,39H,3-4,9-21,25-27H2,1-2H3,(H,48,55). The number of imide groups is 1. The van der Waals surface area contributed by atoms with Crippen LogP contribution >= 0.6 is 0 Å². The molecule has 1 atom stereocenters. The summed E-state index contributed by atoms with van der Waals surface area (Å²) in [7, 11) is 0. The highest BCUT2D eigenvalue weighted by Crippen LogP contribution is 2.32. The maximum Gasteiger partial charge on any atom is 0.262 e. The lowest BCUT2D eigenvalue weighted by molar-refractivity contribution is -0.125. The van der Waals surface area contributed by atoms with E-state index in [9.17, 15) is 14.4 Å². The fourth-order valence-corrected chi connectivity index (χ4v) is 9.23. The predicted molar refractivity (Wildman–Crippen MR) is 223 cm³/mol. The van der Waals surface area contributed by atoms with Gasteiger partial charge < -0.3 is 24.8 Å². The number of piperidine rings is 1. The Kier molecular flexibility index (Phi) is 10.7. The first-order valence-corrected chi connectivity index (χ1v) is 21.0. The SMILES string of the molecule is C=C1CCC(N2C(=O)c3ccc(N4CCN(CCC5CN(CCN6CCN(c7cc(C8=NCc9ccc(OC(C)C)cc98)ncn7)CC6)C5)CC4)cc3C2=O)C(=O)N1. The molecule has 7 heterocycles. The van der Waals surface area contributed by atoms with Gasteiger partial charge in [0, 0.05) is 102 Å². The fourth-order valence-electron chi connectivity index (χ4n) is 9.23. The summed E-state index contributed by atoms with van der Waals surface area (Å²) < 4.78 is 5.95. The molecule has 3 aromatic rings. The fraction of sp³-hybridized carbons (Fsp3) is 0.500. The number of aliphatic imine (C=N–C) groups is 1. The van der Waals surface area contributed by atoms with E-state index in [1.54, 1.807) is 12.4 Å². The summed E-state index contributed by atoms with van der Waals surface area (Å²) in [6, 6.07) is 13.1. The molecule has 14 nitrogen and oxygen atoms in total. The number of hydrogen-bond donors (Lipinski definition) is 1. The molecule has 1 aromatic heterocycles. The average molecular weight is 787 g/mol. The molecular formula is C44H54N10O4. The molecule has 0 bridgehead atoms. The molecular weight excluding hydrogens is 733 g/mol. The number of carbonyl (C=O) groups is 3. The van der Waals surface area contributed by atoms with E-state index in [2.05, 4.69) is 64.6 Å². The summed E-state index contributed by atoms with van der Waals surface area (Å²) in [6.45, 7) is 21.9. The van der Waals surface area contributed by atoms with Crippen molar-refractivity contribution < 1.29 is 19.1 Å². The number of aromatic nitrogens is 2. The summed E-state index contributed by atoms with van der Waals surface area (Å²) in [5.74, 6) is 1.46. The van der Waals surface area contributed by atoms with Gasteiger partial charge in [0.05, 0.1) is 35.2 Å². The Morgan fingerprint density at radius 1 is 0.793 bits per heavy atom. The highest BCUT2D eigenvalue weighted by atomic mass is 16.5. The van der Waals surface area contributed by atoms with Gasteiger partial charge in [-0.15, -0.1) is 0 Å². The van der Waals surface area contributed by atoms with Crippen LogP contribution in [-0.2, 0) is 11.3 Å². The van der Waals surface area contributed by atoms with Gasteiger partial charge in [-0.2, -0.15) is 0 Å². The number of rotatable bonds is 12. The normalized spacial score (nSPS) is 22.0. The average Bonchev–Trinajstić information content (AvgIpc) is 3.74. The first kappa shape index (κ1) is 38.3. The van der Waals surface area contributed by atoms with Gasteiger partial charge in [-0.25, -0.2) is 9.97 Å². The number of likely N-dealkylation sites (tertiary alicyclic amines) is 1. The van der Waals surface area contributed by atoms with E-state index in [0.717, 1.165) is 117 Å². The molecule has 58 heavy (non-hydrogen) atoms. The highest BCUT2D eigenvalue weighted by Gasteiger charge is 2.44. The monoisotopic (exact) mass is 786 g/mol. The number of allylic oxidation sites excluding steroid dienone is 1. The topological polar surface area (TPSA) is 130 Å². The molecule has 0 radical (unpaired) electrons. The minimum Gasteiger partial charge on any atom is -0.491 e. The minimum atomic E-state index is -0.793. The molecule has 2 aromatic carbocycles. The number of hydrogen-bond acceptors (Lipinski definition) is 12. The number of nitrogens with one attached hydrogen (secondary N) is 1. The lowest BCUT2D eigenvalue weighted by atomic mass is 9.96. The molecule has 9 rings (SSSR count). The first-order valence-electron chi connectivity index (χ1n) is 21.0. The Balaban J connectivity index is 0.675. The maximum absolute atomic E-state index is 13.4. The number of amides is 3. The smallest absolute Gasteiger partial charge is 0.262 e. The van der Waals surface area contributed by atoms with Crippen LogP contribution in [0, 0.1) is 5.92 Å². The molecule has 4 saturated heterocycles. The molecule has 0 saturated carbocycles. The molecule has 3 amide bonds. The zero-order valence-corrected chi connectivity index (χ0v) is 33.7. The summed E-state index contributed by atoms with van der Waals surface area (Å²) >= 11 is 0. The third kappa shape index (κ3) is 7.84. The molecule has 6 aliphatic heterocycles. The van der Waals surface area contributed by atoms with Crippen LogP contribution in [0.1, 0.15) is 70.6 Å². The Morgan fingerprint density at radius 2 is 1.52 bits per heavy atom. The Bertz CT molecular complexity index is 2120. The van der Waals surface area contributed by atoms with Crippen LogP contribution in [0.5, 0.6) is 5.75 Å². The van der Waals surface area contributed by atoms with Crippen LogP contribution in [0.15, 0.2) is 66.1 Å². The van der Waals surface area contributed by atoms with E-state index in [1.807, 2.05) is 32.0 Å². The van der Waals surface area contributed by atoms with Crippen molar-refractivity contribution in [1.29, 1.82) is 0 Å². The largest absolute Gasteiger partial charge is 0.491 e. The van der Waals surface area contributed by atoms with Gasteiger partial charge in [0.25, 0.3) is 11.8 Å². The van der Waals surface area contributed by atoms with Gasteiger partial charge in [-0.3, -0.25) is 34.1 Å². The third-order valence-corrected chi connectivity index (χ3v) is 12.6. The molecule has 14 heteroatoms. The van der Waals surface area contributed by atoms with Gasteiger partial charge >= 0.3 is 0 Å². The van der Waals surface area contributed by atoms with E-state index in [1.165, 1.54) is 25.1 Å². The van der Waals surface area contributed by atoms with Crippen LogP contribution < -0.4 is 19.9 Å². The first-order chi connectivity index (χ1) is 28.2. The third-order valence-electron chi connectivity index (χ3n) is 12.6. The second-order valence-electron chi connectivity index (χ2n) is 16.8. The van der Waals surface area contributed by atoms with Gasteiger partial charge in [0.15, 0.2) is 0 Å². The van der Waals surface area contributed by atoms with Crippen LogP contribution in [-0.4, -0.2) is 150 Å². The van der Waals surface area contributed by atoms with Crippen LogP contribution in [0.4, 0.5) is 11.5 Å². The van der Waals surface area contributed by atoms with Crippen molar-refractivity contribution in [3.8, 4) is 5.75 Å². The summed E-state index contributed by atoms with van der Waals surface area (Å²) in [5.41, 5.74) is 6.43. The molecule has 6 aliphatic rings. The predicted octanol–water partition coefficient (Wildman–Crippen LogP) is 3.27. The van der Waals surface area contributed by atoms with E-state index in [4.69, 9.17) is 9.73 Å². The second-order valence-corrected chi connectivity index (χ2v) is 16.8. The van der Waals surface area contributed by atoms with Crippen molar-refractivity contribution in [3.63, 3.8) is 0 Å². The minimum absolute atomic E-state index is 0.116. The lowest BCUT2D eigenvalue weighted by Crippen LogP contribution is -2.53. The van der Waals surface area contributed by atoms with Gasteiger partial charge in [-0.1, -0.05) is 12.6 Å². The summed E-state index contributed by atoms with van der Waals surface area (Å²) in [6.07, 6.45) is 3.96. The zero-order chi connectivity index (χ0) is 39.9. The molecule has 0 spiro atoms. The molecule has 4 fully saturated rings. The molecule has 0 aliphatic carbocycles. The van der Waals surface area contributed by atoms with E-state index < -0.39 is 6.04 Å². The van der Waals surface area contributed by atoms with Crippen LogP contribution in [0.25, 0.3) is 0 Å². The van der Waals surface area contributed by atoms with Gasteiger partial charge in [0.2, 0.25) is 5.91 Å². The second kappa shape index (κ2) is 16.2. The number of nitrogens with zero attached hydrogens (tertiary/aromatic N) is 9. The highest BCUT2D eigenvalue weighted by molar-refractivity contribution is 6.23. The van der Waals surface area contributed by atoms with Crippen molar-refractivity contribution in [2.24, 2.45) is 10.9 Å². The molecule has 304 valence electrons. The summed E-state index contributed by atoms with van der Waals surface area (Å²) in [4.78, 5) is 66.8. The van der Waals surface area contributed by atoms with Crippen molar-refractivity contribution in [3.05, 3.63) is 89.0 Å². The Morgan fingerprint density at radius 3 is 2.28 bits per heavy atom. The van der Waals surface area contributed by atoms with Crippen molar-refractivity contribution in [1.82, 2.24) is 34.9 Å². The zero-order valence-electron chi connectivity index (χ0n) is 33.7.